The fraction of sp³-hybridized carbons (Fsp3) is 0.359. The second kappa shape index (κ2) is 17.7. The number of unbranched alkanes of at least 4 members (excludes halogenated alkanes) is 4. The lowest BCUT2D eigenvalue weighted by Gasteiger charge is -2.16. The van der Waals surface area contributed by atoms with Crippen molar-refractivity contribution in [1.82, 2.24) is 15.3 Å². The third kappa shape index (κ3) is 10.9. The molecule has 47 heavy (non-hydrogen) atoms. The highest BCUT2D eigenvalue weighted by atomic mass is 16.5. The van der Waals surface area contributed by atoms with Crippen molar-refractivity contribution in [1.29, 1.82) is 0 Å². The minimum Gasteiger partial charge on any atom is -0.494 e. The topological polar surface area (TPSA) is 118 Å². The lowest BCUT2D eigenvalue weighted by molar-refractivity contribution is -0.138. The summed E-state index contributed by atoms with van der Waals surface area (Å²) in [4.78, 5) is 46.3. The van der Waals surface area contributed by atoms with Gasteiger partial charge in [-0.2, -0.15) is 0 Å². The van der Waals surface area contributed by atoms with Crippen molar-refractivity contribution in [3.8, 4) is 28.3 Å². The van der Waals surface area contributed by atoms with Gasteiger partial charge in [-0.1, -0.05) is 107 Å². The van der Waals surface area contributed by atoms with Crippen LogP contribution >= 0.6 is 0 Å². The summed E-state index contributed by atoms with van der Waals surface area (Å²) in [6, 6.07) is 22.9. The van der Waals surface area contributed by atoms with Gasteiger partial charge < -0.3 is 15.2 Å². The van der Waals surface area contributed by atoms with Crippen LogP contribution in [-0.4, -0.2) is 45.9 Å². The van der Waals surface area contributed by atoms with Crippen LogP contribution in [0.4, 0.5) is 0 Å². The van der Waals surface area contributed by atoms with Crippen LogP contribution in [0.5, 0.6) is 5.75 Å². The fourth-order valence-electron chi connectivity index (χ4n) is 5.30. The van der Waals surface area contributed by atoms with Crippen LogP contribution in [-0.2, 0) is 16.0 Å². The number of ketones is 1. The van der Waals surface area contributed by atoms with Crippen LogP contribution in [0, 0.1) is 5.92 Å². The van der Waals surface area contributed by atoms with Gasteiger partial charge >= 0.3 is 5.97 Å². The summed E-state index contributed by atoms with van der Waals surface area (Å²) in [5.41, 5.74) is 5.20. The molecule has 0 unspecified atom stereocenters. The average molecular weight is 636 g/mol. The molecule has 0 aliphatic rings. The molecule has 8 nitrogen and oxygen atoms in total. The molecule has 4 aromatic rings. The number of aromatic nitrogens is 2. The SMILES string of the molecule is CCCCCCCOc1ccc(-c2cnc(-c3ccc(C[C@H](CC(=O)c4ccc(C(C)C)cc4)C(=O)NCC(=O)O)cc3)nc2)cc1. The Bertz CT molecular complexity index is 1580. The molecule has 0 bridgehead atoms. The van der Waals surface area contributed by atoms with E-state index in [0.29, 0.717) is 17.3 Å². The van der Waals surface area contributed by atoms with Gasteiger partial charge in [0.15, 0.2) is 11.6 Å². The van der Waals surface area contributed by atoms with Crippen molar-refractivity contribution in [3.05, 3.63) is 102 Å². The number of amides is 1. The van der Waals surface area contributed by atoms with Crippen LogP contribution < -0.4 is 10.1 Å². The van der Waals surface area contributed by atoms with Crippen molar-refractivity contribution >= 4 is 17.7 Å². The number of nitrogens with one attached hydrogen (secondary N) is 1. The van der Waals surface area contributed by atoms with Gasteiger partial charge in [0.05, 0.1) is 6.61 Å². The normalized spacial score (nSPS) is 11.7. The molecule has 1 aromatic heterocycles. The van der Waals surface area contributed by atoms with E-state index in [1.165, 1.54) is 25.7 Å². The van der Waals surface area contributed by atoms with Crippen molar-refractivity contribution < 1.29 is 24.2 Å². The third-order valence-electron chi connectivity index (χ3n) is 8.17. The minimum absolute atomic E-state index is 0.0368. The van der Waals surface area contributed by atoms with Gasteiger partial charge in [0.25, 0.3) is 0 Å². The molecule has 8 heteroatoms. The first-order valence-corrected chi connectivity index (χ1v) is 16.5. The molecule has 1 amide bonds. The van der Waals surface area contributed by atoms with Crippen LogP contribution in [0.15, 0.2) is 85.2 Å². The van der Waals surface area contributed by atoms with E-state index in [0.717, 1.165) is 46.6 Å². The predicted octanol–water partition coefficient (Wildman–Crippen LogP) is 7.92. The second-order valence-electron chi connectivity index (χ2n) is 12.2. The molecule has 1 heterocycles. The van der Waals surface area contributed by atoms with Gasteiger partial charge in [-0.3, -0.25) is 14.4 Å². The first kappa shape index (κ1) is 35.0. The van der Waals surface area contributed by atoms with E-state index in [1.54, 1.807) is 24.5 Å². The number of carboxylic acids is 1. The molecule has 3 aromatic carbocycles. The maximum absolute atomic E-state index is 13.1. The van der Waals surface area contributed by atoms with Crippen molar-refractivity contribution in [3.63, 3.8) is 0 Å². The van der Waals surface area contributed by atoms with Gasteiger partial charge in [-0.05, 0) is 47.6 Å². The van der Waals surface area contributed by atoms with E-state index in [1.807, 2.05) is 60.7 Å². The Morgan fingerprint density at radius 2 is 1.43 bits per heavy atom. The highest BCUT2D eigenvalue weighted by Crippen LogP contribution is 2.25. The molecular formula is C39H45N3O5. The van der Waals surface area contributed by atoms with Crippen molar-refractivity contribution in [2.75, 3.05) is 13.2 Å². The fourth-order valence-corrected chi connectivity index (χ4v) is 5.30. The largest absolute Gasteiger partial charge is 0.494 e. The van der Waals surface area contributed by atoms with Gasteiger partial charge in [0, 0.05) is 41.4 Å². The number of aliphatic carboxylic acids is 1. The average Bonchev–Trinajstić information content (AvgIpc) is 3.09. The van der Waals surface area contributed by atoms with Gasteiger partial charge in [0.1, 0.15) is 12.3 Å². The summed E-state index contributed by atoms with van der Waals surface area (Å²) >= 11 is 0. The summed E-state index contributed by atoms with van der Waals surface area (Å²) in [5, 5.41) is 11.5. The number of hydrogen-bond acceptors (Lipinski definition) is 6. The Morgan fingerprint density at radius 1 is 0.787 bits per heavy atom. The Kier molecular flexibility index (Phi) is 13.2. The molecule has 1 atom stereocenters. The highest BCUT2D eigenvalue weighted by Gasteiger charge is 2.24. The van der Waals surface area contributed by atoms with E-state index < -0.39 is 24.3 Å². The molecule has 0 radical (unpaired) electrons. The molecule has 0 saturated heterocycles. The van der Waals surface area contributed by atoms with Crippen LogP contribution in [0.1, 0.15) is 86.7 Å². The smallest absolute Gasteiger partial charge is 0.322 e. The standard InChI is InChI=1S/C39H45N3O5/c1-4-5-6-7-8-21-47-35-19-17-30(18-20-35)34-24-40-38(41-25-34)32-11-9-28(10-12-32)22-33(39(46)42-26-37(44)45)23-36(43)31-15-13-29(14-16-31)27(2)3/h9-20,24-25,27,33H,4-8,21-23,26H2,1-3H3,(H,42,46)(H,44,45)/t33-/m1/s1. The summed E-state index contributed by atoms with van der Waals surface area (Å²) in [6.45, 7) is 6.60. The maximum atomic E-state index is 13.1. The van der Waals surface area contributed by atoms with Crippen LogP contribution in [0.25, 0.3) is 22.5 Å². The Morgan fingerprint density at radius 3 is 2.04 bits per heavy atom. The lowest BCUT2D eigenvalue weighted by atomic mass is 9.90. The molecule has 246 valence electrons. The third-order valence-corrected chi connectivity index (χ3v) is 8.17. The maximum Gasteiger partial charge on any atom is 0.322 e. The van der Waals surface area contributed by atoms with Crippen molar-refractivity contribution in [2.45, 2.75) is 71.6 Å². The molecule has 0 aliphatic carbocycles. The van der Waals surface area contributed by atoms with E-state index in [9.17, 15) is 14.4 Å². The number of carbonyl (C=O) groups is 3. The van der Waals surface area contributed by atoms with Gasteiger partial charge in [-0.25, -0.2) is 9.97 Å². The Balaban J connectivity index is 1.37. The summed E-state index contributed by atoms with van der Waals surface area (Å²) in [6.07, 6.45) is 9.85. The summed E-state index contributed by atoms with van der Waals surface area (Å²) in [7, 11) is 0. The first-order valence-electron chi connectivity index (χ1n) is 16.5. The molecule has 4 rings (SSSR count). The quantitative estimate of drug-likeness (QED) is 0.0842. The number of carbonyl (C=O) groups excluding carboxylic acids is 2. The van der Waals surface area contributed by atoms with Crippen molar-refractivity contribution in [2.24, 2.45) is 5.92 Å². The van der Waals surface area contributed by atoms with Gasteiger partial charge in [0.2, 0.25) is 5.91 Å². The van der Waals surface area contributed by atoms with E-state index >= 15 is 0 Å². The van der Waals surface area contributed by atoms with E-state index in [-0.39, 0.29) is 18.6 Å². The lowest BCUT2D eigenvalue weighted by Crippen LogP contribution is -2.36. The number of nitrogens with zero attached hydrogens (tertiary/aromatic N) is 2. The summed E-state index contributed by atoms with van der Waals surface area (Å²) in [5.74, 6) is -0.738. The van der Waals surface area contributed by atoms with Gasteiger partial charge in [-0.15, -0.1) is 0 Å². The van der Waals surface area contributed by atoms with Crippen LogP contribution in [0.2, 0.25) is 0 Å². The number of Topliss-reactive ketones (excluding diaryl/α,β-unsaturated/α-hetero) is 1. The number of rotatable bonds is 18. The minimum atomic E-state index is -1.14. The molecular weight excluding hydrogens is 590 g/mol. The van der Waals surface area contributed by atoms with E-state index in [2.05, 4.69) is 36.1 Å². The first-order chi connectivity index (χ1) is 22.7. The Labute approximate surface area is 277 Å². The predicted molar refractivity (Wildman–Crippen MR) is 184 cm³/mol. The van der Waals surface area contributed by atoms with E-state index in [4.69, 9.17) is 9.84 Å². The zero-order valence-electron chi connectivity index (χ0n) is 27.6. The molecule has 0 aliphatic heterocycles. The second-order valence-corrected chi connectivity index (χ2v) is 12.2. The van der Waals surface area contributed by atoms with Crippen LogP contribution in [0.3, 0.4) is 0 Å². The molecule has 0 spiro atoms. The molecule has 2 N–H and O–H groups in total. The molecule has 0 fully saturated rings. The molecule has 0 saturated carbocycles. The summed E-state index contributed by atoms with van der Waals surface area (Å²) < 4.78 is 5.88. The number of carboxylic acid groups (broad SMARTS) is 1. The monoisotopic (exact) mass is 635 g/mol. The zero-order valence-corrected chi connectivity index (χ0v) is 27.6. The number of hydrogen-bond donors (Lipinski definition) is 2. The number of benzene rings is 3. The highest BCUT2D eigenvalue weighted by molar-refractivity contribution is 5.99. The Hall–Kier alpha value is -4.85. The zero-order chi connectivity index (χ0) is 33.6. The number of ether oxygens (including phenoxy) is 1.